The first-order valence-electron chi connectivity index (χ1n) is 11.3. The van der Waals surface area contributed by atoms with Gasteiger partial charge < -0.3 is 15.1 Å². The largest absolute Gasteiger partial charge is 0.339 e. The number of aromatic nitrogens is 1. The first kappa shape index (κ1) is 21.1. The molecule has 1 saturated heterocycles. The molecule has 0 radical (unpaired) electrons. The van der Waals surface area contributed by atoms with Crippen LogP contribution in [0.5, 0.6) is 0 Å². The molecule has 6 nitrogen and oxygen atoms in total. The van der Waals surface area contributed by atoms with Gasteiger partial charge in [-0.05, 0) is 37.3 Å². The Bertz CT molecular complexity index is 821. The van der Waals surface area contributed by atoms with E-state index in [1.165, 1.54) is 36.8 Å². The number of para-hydroxylation sites is 1. The van der Waals surface area contributed by atoms with Gasteiger partial charge in [-0.2, -0.15) is 0 Å². The second-order valence-corrected chi connectivity index (χ2v) is 9.60. The summed E-state index contributed by atoms with van der Waals surface area (Å²) in [6.45, 7) is 3.21. The Hall–Kier alpha value is -2.15. The molecule has 4 rings (SSSR count). The van der Waals surface area contributed by atoms with Crippen LogP contribution in [0.4, 0.5) is 4.79 Å². The topological polar surface area (TPSA) is 65.5 Å². The van der Waals surface area contributed by atoms with E-state index >= 15 is 0 Å². The number of hydrogen-bond donors (Lipinski definition) is 1. The van der Waals surface area contributed by atoms with Crippen molar-refractivity contribution in [3.05, 3.63) is 29.3 Å². The second kappa shape index (κ2) is 10.2. The third-order valence-corrected chi connectivity index (χ3v) is 7.39. The average molecular weight is 429 g/mol. The van der Waals surface area contributed by atoms with Crippen LogP contribution >= 0.6 is 11.3 Å². The summed E-state index contributed by atoms with van der Waals surface area (Å²) >= 11 is 1.73. The Morgan fingerprint density at radius 3 is 2.53 bits per heavy atom. The number of thiazole rings is 1. The van der Waals surface area contributed by atoms with Crippen LogP contribution in [-0.2, 0) is 11.2 Å². The van der Waals surface area contributed by atoms with Gasteiger partial charge >= 0.3 is 6.03 Å². The maximum atomic E-state index is 12.6. The number of carbonyl (C=O) groups is 2. The zero-order chi connectivity index (χ0) is 20.8. The quantitative estimate of drug-likeness (QED) is 0.706. The van der Waals surface area contributed by atoms with E-state index in [9.17, 15) is 9.59 Å². The molecule has 162 valence electrons. The predicted octanol–water partition coefficient (Wildman–Crippen LogP) is 4.05. The number of aryl methyl sites for hydroxylation is 1. The zero-order valence-corrected chi connectivity index (χ0v) is 18.5. The van der Waals surface area contributed by atoms with Crippen LogP contribution < -0.4 is 5.32 Å². The zero-order valence-electron chi connectivity index (χ0n) is 17.6. The van der Waals surface area contributed by atoms with E-state index in [1.54, 1.807) is 11.3 Å². The van der Waals surface area contributed by atoms with Gasteiger partial charge in [-0.15, -0.1) is 11.3 Å². The highest BCUT2D eigenvalue weighted by Gasteiger charge is 2.26. The molecule has 0 spiro atoms. The van der Waals surface area contributed by atoms with Gasteiger partial charge in [0, 0.05) is 45.6 Å². The molecule has 0 unspecified atom stereocenters. The van der Waals surface area contributed by atoms with Crippen molar-refractivity contribution in [2.45, 2.75) is 51.4 Å². The maximum Gasteiger partial charge on any atom is 0.317 e. The number of carbonyl (C=O) groups excluding carboxylic acids is 2. The lowest BCUT2D eigenvalue weighted by Gasteiger charge is -2.35. The van der Waals surface area contributed by atoms with Crippen molar-refractivity contribution >= 4 is 33.5 Å². The highest BCUT2D eigenvalue weighted by Crippen LogP contribution is 2.27. The third-order valence-electron chi connectivity index (χ3n) is 6.29. The minimum Gasteiger partial charge on any atom is -0.339 e. The molecule has 30 heavy (non-hydrogen) atoms. The summed E-state index contributed by atoms with van der Waals surface area (Å²) in [6, 6.07) is 8.16. The Morgan fingerprint density at radius 1 is 1.03 bits per heavy atom. The Balaban J connectivity index is 1.13. The number of nitrogens with one attached hydrogen (secondary N) is 1. The van der Waals surface area contributed by atoms with Crippen molar-refractivity contribution in [3.8, 4) is 0 Å². The van der Waals surface area contributed by atoms with Crippen LogP contribution in [0.2, 0.25) is 0 Å². The van der Waals surface area contributed by atoms with Gasteiger partial charge in [-0.3, -0.25) is 4.79 Å². The fraction of sp³-hybridized carbons (Fsp3) is 0.609. The van der Waals surface area contributed by atoms with Crippen molar-refractivity contribution in [2.75, 3.05) is 32.7 Å². The molecule has 1 saturated carbocycles. The number of fused-ring (bicyclic) bond motifs is 1. The van der Waals surface area contributed by atoms with Gasteiger partial charge in [0.1, 0.15) is 0 Å². The number of amides is 3. The van der Waals surface area contributed by atoms with E-state index in [-0.39, 0.29) is 11.9 Å². The lowest BCUT2D eigenvalue weighted by molar-refractivity contribution is -0.133. The number of piperazine rings is 1. The van der Waals surface area contributed by atoms with E-state index in [1.807, 2.05) is 28.0 Å². The van der Waals surface area contributed by atoms with Crippen molar-refractivity contribution < 1.29 is 9.59 Å². The second-order valence-electron chi connectivity index (χ2n) is 8.49. The molecular weight excluding hydrogens is 396 g/mol. The van der Waals surface area contributed by atoms with Crippen LogP contribution in [-0.4, -0.2) is 59.4 Å². The van der Waals surface area contributed by atoms with Crippen molar-refractivity contribution in [1.29, 1.82) is 0 Å². The summed E-state index contributed by atoms with van der Waals surface area (Å²) in [5.41, 5.74) is 1.05. The average Bonchev–Trinajstić information content (AvgIpc) is 3.20. The minimum absolute atomic E-state index is 0.0151. The van der Waals surface area contributed by atoms with E-state index < -0.39 is 0 Å². The van der Waals surface area contributed by atoms with Gasteiger partial charge in [-0.25, -0.2) is 9.78 Å². The fourth-order valence-corrected chi connectivity index (χ4v) is 5.51. The molecule has 1 aromatic heterocycles. The van der Waals surface area contributed by atoms with Gasteiger partial charge in [-0.1, -0.05) is 31.4 Å². The first-order chi connectivity index (χ1) is 14.7. The summed E-state index contributed by atoms with van der Waals surface area (Å²) in [4.78, 5) is 33.4. The maximum absolute atomic E-state index is 12.6. The van der Waals surface area contributed by atoms with E-state index in [4.69, 9.17) is 0 Å². The molecular formula is C23H32N4O2S. The highest BCUT2D eigenvalue weighted by molar-refractivity contribution is 7.18. The summed E-state index contributed by atoms with van der Waals surface area (Å²) in [5, 5.41) is 4.15. The summed E-state index contributed by atoms with van der Waals surface area (Å²) < 4.78 is 1.22. The molecule has 1 aliphatic carbocycles. The molecule has 2 aliphatic rings. The Kier molecular flexibility index (Phi) is 7.20. The minimum atomic E-state index is -0.0151. The molecule has 0 atom stereocenters. The molecule has 1 N–H and O–H groups in total. The highest BCUT2D eigenvalue weighted by atomic mass is 32.1. The lowest BCUT2D eigenvalue weighted by atomic mass is 9.86. The van der Waals surface area contributed by atoms with Crippen LogP contribution in [0.3, 0.4) is 0 Å². The number of nitrogens with zero attached hydrogens (tertiary/aromatic N) is 3. The molecule has 7 heteroatoms. The Morgan fingerprint density at radius 2 is 1.77 bits per heavy atom. The van der Waals surface area contributed by atoms with Gasteiger partial charge in [0.05, 0.1) is 15.2 Å². The molecule has 2 aromatic rings. The molecule has 2 fully saturated rings. The number of benzene rings is 1. The number of rotatable bonds is 6. The Labute approximate surface area is 182 Å². The van der Waals surface area contributed by atoms with Crippen LogP contribution in [0.25, 0.3) is 10.2 Å². The van der Waals surface area contributed by atoms with E-state index in [2.05, 4.69) is 16.4 Å². The molecule has 3 amide bonds. The summed E-state index contributed by atoms with van der Waals surface area (Å²) in [7, 11) is 0. The molecule has 0 bridgehead atoms. The van der Waals surface area contributed by atoms with Gasteiger partial charge in [0.25, 0.3) is 0 Å². The molecule has 1 aliphatic heterocycles. The predicted molar refractivity (Wildman–Crippen MR) is 121 cm³/mol. The van der Waals surface area contributed by atoms with Gasteiger partial charge in [0.15, 0.2) is 0 Å². The van der Waals surface area contributed by atoms with Crippen molar-refractivity contribution in [3.63, 3.8) is 0 Å². The lowest BCUT2D eigenvalue weighted by Crippen LogP contribution is -2.53. The van der Waals surface area contributed by atoms with E-state index in [0.717, 1.165) is 23.4 Å². The SMILES string of the molecule is O=C(CC1CCCCC1)N1CCN(C(=O)NCCCc2nc3ccccc3s2)CC1. The smallest absolute Gasteiger partial charge is 0.317 e. The fourth-order valence-electron chi connectivity index (χ4n) is 4.50. The normalized spacial score (nSPS) is 18.0. The van der Waals surface area contributed by atoms with Crippen LogP contribution in [0.1, 0.15) is 50.0 Å². The van der Waals surface area contributed by atoms with Crippen molar-refractivity contribution in [1.82, 2.24) is 20.1 Å². The first-order valence-corrected chi connectivity index (χ1v) is 12.2. The van der Waals surface area contributed by atoms with Crippen molar-refractivity contribution in [2.24, 2.45) is 5.92 Å². The van der Waals surface area contributed by atoms with Gasteiger partial charge in [0.2, 0.25) is 5.91 Å². The summed E-state index contributed by atoms with van der Waals surface area (Å²) in [6.07, 6.45) is 8.71. The molecule has 2 heterocycles. The number of urea groups is 1. The van der Waals surface area contributed by atoms with Crippen LogP contribution in [0, 0.1) is 5.92 Å². The van der Waals surface area contributed by atoms with E-state index in [0.29, 0.717) is 45.1 Å². The summed E-state index contributed by atoms with van der Waals surface area (Å²) in [5.74, 6) is 0.848. The number of hydrogen-bond acceptors (Lipinski definition) is 4. The standard InChI is InChI=1S/C23H32N4O2S/c28-22(17-18-7-2-1-3-8-18)26-13-15-27(16-14-26)23(29)24-12-6-11-21-25-19-9-4-5-10-20(19)30-21/h4-5,9-10,18H,1-3,6-8,11-17H2,(H,24,29). The third kappa shape index (κ3) is 5.50. The molecule has 1 aromatic carbocycles. The monoisotopic (exact) mass is 428 g/mol. The van der Waals surface area contributed by atoms with Crippen LogP contribution in [0.15, 0.2) is 24.3 Å².